The van der Waals surface area contributed by atoms with Crippen molar-refractivity contribution in [1.82, 2.24) is 0 Å². The molecule has 0 N–H and O–H groups in total. The fourth-order valence-corrected chi connectivity index (χ4v) is 5.98. The maximum Gasteiger partial charge on any atom is 0.374 e. The average Bonchev–Trinajstić information content (AvgIpc) is 3.33. The number of rotatable bonds is 5. The number of carbonyl (C=O) groups excluding carboxylic acids is 2. The minimum atomic E-state index is -3.46. The molecule has 5 rings (SSSR count). The predicted molar refractivity (Wildman–Crippen MR) is 122 cm³/mol. The molecule has 3 aromatic rings. The van der Waals surface area contributed by atoms with Gasteiger partial charge in [-0.2, -0.15) is 0 Å². The largest absolute Gasteiger partial charge is 0.460 e. The molecule has 0 amide bonds. The smallest absolute Gasteiger partial charge is 0.374 e. The van der Waals surface area contributed by atoms with Crippen molar-refractivity contribution in [2.24, 2.45) is 4.40 Å². The lowest BCUT2D eigenvalue weighted by atomic mass is 10.1. The molecule has 0 unspecified atom stereocenters. The Bertz CT molecular complexity index is 1430. The van der Waals surface area contributed by atoms with E-state index in [0.29, 0.717) is 33.8 Å². The minimum Gasteiger partial charge on any atom is -0.460 e. The summed E-state index contributed by atoms with van der Waals surface area (Å²) in [5.74, 6) is -1.26. The van der Waals surface area contributed by atoms with Crippen LogP contribution in [0.5, 0.6) is 0 Å². The second kappa shape index (κ2) is 8.23. The van der Waals surface area contributed by atoms with E-state index in [4.69, 9.17) is 13.9 Å². The van der Waals surface area contributed by atoms with Crippen LogP contribution in [0.25, 0.3) is 11.0 Å². The van der Waals surface area contributed by atoms with Crippen LogP contribution >= 0.6 is 11.8 Å². The lowest BCUT2D eigenvalue weighted by Gasteiger charge is -2.22. The zero-order valence-corrected chi connectivity index (χ0v) is 19.1. The number of furan rings is 1. The van der Waals surface area contributed by atoms with Gasteiger partial charge >= 0.3 is 11.9 Å². The molecule has 2 aliphatic rings. The van der Waals surface area contributed by atoms with Crippen LogP contribution in [-0.4, -0.2) is 44.4 Å². The van der Waals surface area contributed by atoms with Crippen molar-refractivity contribution in [3.05, 3.63) is 59.4 Å². The number of nitrogens with zero attached hydrogens (tertiary/aromatic N) is 2. The molecule has 3 heterocycles. The molecule has 2 aliphatic heterocycles. The summed E-state index contributed by atoms with van der Waals surface area (Å²) in [5.41, 5.74) is 2.03. The van der Waals surface area contributed by atoms with Crippen LogP contribution < -0.4 is 4.90 Å². The number of thioether (sulfide) groups is 1. The Labute approximate surface area is 193 Å². The maximum absolute atomic E-state index is 12.8. The minimum absolute atomic E-state index is 0.00598. The third-order valence-electron chi connectivity index (χ3n) is 5.22. The third kappa shape index (κ3) is 3.98. The molecular weight excluding hydrogens is 468 g/mol. The highest BCUT2D eigenvalue weighted by Gasteiger charge is 2.33. The van der Waals surface area contributed by atoms with Crippen molar-refractivity contribution < 1.29 is 31.9 Å². The van der Waals surface area contributed by atoms with Gasteiger partial charge in [-0.3, -0.25) is 0 Å². The molecule has 0 atom stereocenters. The monoisotopic (exact) mass is 486 g/mol. The second-order valence-corrected chi connectivity index (χ2v) is 10.1. The lowest BCUT2D eigenvalue weighted by Crippen LogP contribution is -2.35. The van der Waals surface area contributed by atoms with Gasteiger partial charge in [0.25, 0.3) is 10.0 Å². The SMILES string of the molecule is CCOC(=O)c1oc2ccccc2c1COC(=O)c1ccc2c(c1)SC1=NS(=O)(=O)CCN12. The van der Waals surface area contributed by atoms with Crippen LogP contribution in [0.3, 0.4) is 0 Å². The number of hydrogen-bond acceptors (Lipinski definition) is 9. The van der Waals surface area contributed by atoms with Gasteiger partial charge in [0.15, 0.2) is 5.17 Å². The average molecular weight is 487 g/mol. The van der Waals surface area contributed by atoms with Gasteiger partial charge in [0.1, 0.15) is 12.2 Å². The van der Waals surface area contributed by atoms with Gasteiger partial charge in [0.05, 0.1) is 29.2 Å². The van der Waals surface area contributed by atoms with Gasteiger partial charge in [-0.15, -0.1) is 4.40 Å². The Balaban J connectivity index is 1.38. The number of anilines is 1. The molecule has 2 aromatic carbocycles. The van der Waals surface area contributed by atoms with E-state index in [1.54, 1.807) is 49.4 Å². The van der Waals surface area contributed by atoms with Gasteiger partial charge in [-0.25, -0.2) is 18.0 Å². The van der Waals surface area contributed by atoms with E-state index < -0.39 is 22.0 Å². The van der Waals surface area contributed by atoms with Crippen LogP contribution in [-0.2, 0) is 26.1 Å². The molecule has 0 fully saturated rings. The van der Waals surface area contributed by atoms with Crippen molar-refractivity contribution in [2.45, 2.75) is 18.4 Å². The van der Waals surface area contributed by atoms with Crippen molar-refractivity contribution in [3.8, 4) is 0 Å². The standard InChI is InChI=1S/C22H18N2O7S2/c1-2-29-21(26)19-15(14-5-3-4-6-17(14)31-19)12-30-20(25)13-7-8-16-18(11-13)32-22-23-33(27,28)10-9-24(16)22/h3-8,11H,2,9-10,12H2,1H3. The first kappa shape index (κ1) is 21.5. The Hall–Kier alpha value is -3.31. The van der Waals surface area contributed by atoms with E-state index in [-0.39, 0.29) is 24.7 Å². The van der Waals surface area contributed by atoms with E-state index >= 15 is 0 Å². The number of amidine groups is 1. The van der Waals surface area contributed by atoms with Crippen molar-refractivity contribution in [1.29, 1.82) is 0 Å². The molecule has 0 spiro atoms. The molecule has 0 radical (unpaired) electrons. The Kier molecular flexibility index (Phi) is 5.37. The summed E-state index contributed by atoms with van der Waals surface area (Å²) in [5, 5.41) is 1.04. The number of hydrogen-bond donors (Lipinski definition) is 0. The van der Waals surface area contributed by atoms with Gasteiger partial charge in [-0.05, 0) is 43.0 Å². The van der Waals surface area contributed by atoms with E-state index in [9.17, 15) is 18.0 Å². The molecule has 11 heteroatoms. The van der Waals surface area contributed by atoms with E-state index in [2.05, 4.69) is 4.40 Å². The molecule has 0 saturated carbocycles. The van der Waals surface area contributed by atoms with Gasteiger partial charge in [0, 0.05) is 16.8 Å². The number of esters is 2. The van der Waals surface area contributed by atoms with Crippen LogP contribution in [0, 0.1) is 0 Å². The number of benzene rings is 2. The number of fused-ring (bicyclic) bond motifs is 4. The normalized spacial score (nSPS) is 16.2. The highest BCUT2D eigenvalue weighted by Crippen LogP contribution is 2.42. The molecule has 0 aliphatic carbocycles. The Morgan fingerprint density at radius 2 is 1.97 bits per heavy atom. The number of carbonyl (C=O) groups is 2. The summed E-state index contributed by atoms with van der Waals surface area (Å²) in [7, 11) is -3.46. The van der Waals surface area contributed by atoms with Crippen LogP contribution in [0.2, 0.25) is 0 Å². The van der Waals surface area contributed by atoms with Gasteiger partial charge < -0.3 is 18.8 Å². The Morgan fingerprint density at radius 1 is 1.15 bits per heavy atom. The molecule has 1 aromatic heterocycles. The molecule has 9 nitrogen and oxygen atoms in total. The summed E-state index contributed by atoms with van der Waals surface area (Å²) >= 11 is 1.20. The summed E-state index contributed by atoms with van der Waals surface area (Å²) in [6, 6.07) is 12.1. The fraction of sp³-hybridized carbons (Fsp3) is 0.227. The first-order valence-corrected chi connectivity index (χ1v) is 12.6. The van der Waals surface area contributed by atoms with Crippen LogP contribution in [0.15, 0.2) is 56.2 Å². The number of sulfonamides is 1. The quantitative estimate of drug-likeness (QED) is 0.499. The summed E-state index contributed by atoms with van der Waals surface area (Å²) in [6.45, 7) is 2.02. The first-order chi connectivity index (χ1) is 15.9. The summed E-state index contributed by atoms with van der Waals surface area (Å²) < 4.78 is 43.6. The third-order valence-corrected chi connectivity index (χ3v) is 7.52. The highest BCUT2D eigenvalue weighted by atomic mass is 32.2. The predicted octanol–water partition coefficient (Wildman–Crippen LogP) is 3.58. The topological polar surface area (TPSA) is 115 Å². The fourth-order valence-electron chi connectivity index (χ4n) is 3.68. The summed E-state index contributed by atoms with van der Waals surface area (Å²) in [6.07, 6.45) is 0. The van der Waals surface area contributed by atoms with Crippen molar-refractivity contribution in [2.75, 3.05) is 23.8 Å². The van der Waals surface area contributed by atoms with Gasteiger partial charge in [0.2, 0.25) is 5.76 Å². The van der Waals surface area contributed by atoms with E-state index in [1.165, 1.54) is 11.8 Å². The van der Waals surface area contributed by atoms with Crippen molar-refractivity contribution in [3.63, 3.8) is 0 Å². The summed E-state index contributed by atoms with van der Waals surface area (Å²) in [4.78, 5) is 27.7. The maximum atomic E-state index is 12.8. The molecule has 0 saturated heterocycles. The number of para-hydroxylation sites is 1. The first-order valence-electron chi connectivity index (χ1n) is 10.1. The molecule has 170 valence electrons. The van der Waals surface area contributed by atoms with Crippen LogP contribution in [0.4, 0.5) is 5.69 Å². The zero-order valence-electron chi connectivity index (χ0n) is 17.4. The van der Waals surface area contributed by atoms with Crippen molar-refractivity contribution >= 4 is 55.5 Å². The molecular formula is C22H18N2O7S2. The second-order valence-electron chi connectivity index (χ2n) is 7.30. The molecule has 0 bridgehead atoms. The van der Waals surface area contributed by atoms with Gasteiger partial charge in [-0.1, -0.05) is 18.2 Å². The van der Waals surface area contributed by atoms with Crippen LogP contribution in [0.1, 0.15) is 33.4 Å². The highest BCUT2D eigenvalue weighted by molar-refractivity contribution is 8.15. The Morgan fingerprint density at radius 3 is 2.79 bits per heavy atom. The molecule has 33 heavy (non-hydrogen) atoms. The lowest BCUT2D eigenvalue weighted by molar-refractivity contribution is 0.0435. The number of ether oxygens (including phenoxy) is 2. The van der Waals surface area contributed by atoms with E-state index in [1.807, 2.05) is 4.90 Å². The zero-order chi connectivity index (χ0) is 23.2. The van der Waals surface area contributed by atoms with E-state index in [0.717, 1.165) is 10.6 Å².